The maximum absolute atomic E-state index is 15.8. The monoisotopic (exact) mass is 581 g/mol. The molecule has 1 aliphatic carbocycles. The molecular formula is C32H41F2N5OS. The molecule has 1 amide bonds. The lowest BCUT2D eigenvalue weighted by atomic mass is 9.82. The number of rotatable bonds is 7. The molecule has 0 bridgehead atoms. The van der Waals surface area contributed by atoms with E-state index in [0.29, 0.717) is 36.2 Å². The highest BCUT2D eigenvalue weighted by Gasteiger charge is 2.28. The molecule has 41 heavy (non-hydrogen) atoms. The van der Waals surface area contributed by atoms with Crippen molar-refractivity contribution in [3.05, 3.63) is 58.5 Å². The number of amides is 1. The fraction of sp³-hybridized carbons (Fsp3) is 0.500. The molecule has 2 N–H and O–H groups in total. The van der Waals surface area contributed by atoms with Crippen molar-refractivity contribution in [2.24, 2.45) is 0 Å². The van der Waals surface area contributed by atoms with Crippen LogP contribution < -0.4 is 10.6 Å². The van der Waals surface area contributed by atoms with Crippen molar-refractivity contribution >= 4 is 32.4 Å². The van der Waals surface area contributed by atoms with Gasteiger partial charge in [0.2, 0.25) is 0 Å². The maximum Gasteiger partial charge on any atom is 0.251 e. The lowest BCUT2D eigenvalue weighted by Crippen LogP contribution is -2.36. The van der Waals surface area contributed by atoms with Gasteiger partial charge in [-0.25, -0.2) is 13.8 Å². The SMILES string of the molecule is O=C(NCCCN1CCC(F)CC1)c1ccc2c(c1)sc1nc(-c3c(F)cc([C@@H]4CCCN4)c4c3CCCC4)cn12.[HH].[HH]. The lowest BCUT2D eigenvalue weighted by molar-refractivity contribution is 0.0950. The van der Waals surface area contributed by atoms with Gasteiger partial charge in [0, 0.05) is 45.9 Å². The van der Waals surface area contributed by atoms with Gasteiger partial charge in [0.15, 0.2) is 4.96 Å². The minimum absolute atomic E-state index is 0. The Labute approximate surface area is 246 Å². The smallest absolute Gasteiger partial charge is 0.251 e. The quantitative estimate of drug-likeness (QED) is 0.238. The summed E-state index contributed by atoms with van der Waals surface area (Å²) in [6.45, 7) is 4.06. The molecule has 3 aliphatic rings. The molecule has 0 radical (unpaired) electrons. The Morgan fingerprint density at radius 1 is 1.12 bits per heavy atom. The van der Waals surface area contributed by atoms with Crippen molar-refractivity contribution in [1.29, 1.82) is 0 Å². The van der Waals surface area contributed by atoms with Gasteiger partial charge in [-0.05, 0) is 112 Å². The van der Waals surface area contributed by atoms with Crippen molar-refractivity contribution in [3.8, 4) is 11.3 Å². The van der Waals surface area contributed by atoms with Crippen LogP contribution in [0.25, 0.3) is 26.4 Å². The molecule has 0 spiro atoms. The summed E-state index contributed by atoms with van der Waals surface area (Å²) in [7, 11) is 0. The van der Waals surface area contributed by atoms with Crippen LogP contribution in [0.3, 0.4) is 0 Å². The number of aromatic nitrogens is 2. The van der Waals surface area contributed by atoms with Crippen LogP contribution in [-0.4, -0.2) is 59.1 Å². The van der Waals surface area contributed by atoms with E-state index in [4.69, 9.17) is 4.98 Å². The summed E-state index contributed by atoms with van der Waals surface area (Å²) in [6, 6.07) is 7.75. The van der Waals surface area contributed by atoms with Crippen molar-refractivity contribution in [2.45, 2.75) is 70.0 Å². The average molecular weight is 582 g/mol. The molecule has 220 valence electrons. The van der Waals surface area contributed by atoms with Crippen molar-refractivity contribution in [3.63, 3.8) is 0 Å². The largest absolute Gasteiger partial charge is 0.352 e. The van der Waals surface area contributed by atoms with E-state index >= 15 is 4.39 Å². The molecule has 0 saturated carbocycles. The Kier molecular flexibility index (Phi) is 7.52. The first kappa shape index (κ1) is 27.0. The van der Waals surface area contributed by atoms with Gasteiger partial charge in [0.05, 0.1) is 15.9 Å². The summed E-state index contributed by atoms with van der Waals surface area (Å²) < 4.78 is 32.1. The number of likely N-dealkylation sites (tertiary alicyclic amines) is 1. The molecule has 2 fully saturated rings. The highest BCUT2D eigenvalue weighted by Crippen LogP contribution is 2.40. The zero-order chi connectivity index (χ0) is 27.9. The van der Waals surface area contributed by atoms with E-state index in [1.807, 2.05) is 28.8 Å². The number of piperidine rings is 1. The highest BCUT2D eigenvalue weighted by molar-refractivity contribution is 7.23. The van der Waals surface area contributed by atoms with E-state index in [1.54, 1.807) is 6.07 Å². The number of nitrogens with zero attached hydrogens (tertiary/aromatic N) is 3. The molecule has 6 nitrogen and oxygen atoms in total. The lowest BCUT2D eigenvalue weighted by Gasteiger charge is -2.28. The predicted octanol–water partition coefficient (Wildman–Crippen LogP) is 6.70. The van der Waals surface area contributed by atoms with Crippen LogP contribution in [0, 0.1) is 5.82 Å². The van der Waals surface area contributed by atoms with Gasteiger partial charge in [-0.3, -0.25) is 9.20 Å². The number of halogens is 2. The topological polar surface area (TPSA) is 61.7 Å². The number of carbonyl (C=O) groups excluding carboxylic acids is 1. The van der Waals surface area contributed by atoms with Crippen LogP contribution in [0.2, 0.25) is 0 Å². The van der Waals surface area contributed by atoms with Crippen molar-refractivity contribution in [2.75, 3.05) is 32.7 Å². The molecule has 1 atom stereocenters. The van der Waals surface area contributed by atoms with Gasteiger partial charge < -0.3 is 15.5 Å². The number of carbonyl (C=O) groups is 1. The first-order valence-electron chi connectivity index (χ1n) is 15.2. The Balaban J connectivity index is 0.00000184. The first-order chi connectivity index (χ1) is 20.0. The molecular weight excluding hydrogens is 540 g/mol. The van der Waals surface area contributed by atoms with E-state index in [9.17, 15) is 9.18 Å². The number of hydrogen-bond acceptors (Lipinski definition) is 5. The van der Waals surface area contributed by atoms with Crippen LogP contribution in [0.15, 0.2) is 30.5 Å². The Bertz CT molecular complexity index is 1590. The zero-order valence-electron chi connectivity index (χ0n) is 23.4. The predicted molar refractivity (Wildman–Crippen MR) is 164 cm³/mol. The van der Waals surface area contributed by atoms with Crippen LogP contribution in [0.5, 0.6) is 0 Å². The number of benzene rings is 2. The van der Waals surface area contributed by atoms with Crippen molar-refractivity contribution in [1.82, 2.24) is 24.9 Å². The van der Waals surface area contributed by atoms with Gasteiger partial charge in [-0.2, -0.15) is 0 Å². The van der Waals surface area contributed by atoms with E-state index in [2.05, 4.69) is 15.5 Å². The van der Waals surface area contributed by atoms with Crippen LogP contribution in [0.4, 0.5) is 8.78 Å². The second-order valence-electron chi connectivity index (χ2n) is 11.8. The van der Waals surface area contributed by atoms with Gasteiger partial charge in [0.25, 0.3) is 5.91 Å². The molecule has 2 saturated heterocycles. The summed E-state index contributed by atoms with van der Waals surface area (Å²) in [5, 5.41) is 6.59. The van der Waals surface area contributed by atoms with Crippen LogP contribution in [-0.2, 0) is 12.8 Å². The summed E-state index contributed by atoms with van der Waals surface area (Å²) in [5.74, 6) is -0.262. The average Bonchev–Trinajstić information content (AvgIpc) is 3.73. The minimum Gasteiger partial charge on any atom is -0.352 e. The standard InChI is InChI=1S/C32H37F2N5OS.2H2/c33-21-10-15-38(16-11-21)14-4-13-36-31(40)20-8-9-28-29(17-20)41-32-37-27(19-39(28)32)30-23-6-2-1-5-22(23)24(18-25(30)34)26-7-3-12-35-26;;/h8-9,17-19,21,26,35H,1-7,10-16H2,(H,36,40);2*1H/t26-;;/m0../s1. The molecule has 7 rings (SSSR count). The molecule has 4 heterocycles. The number of fused-ring (bicyclic) bond motifs is 4. The second-order valence-corrected chi connectivity index (χ2v) is 12.8. The van der Waals surface area contributed by atoms with E-state index in [-0.39, 0.29) is 20.6 Å². The number of imidazole rings is 1. The third kappa shape index (κ3) is 5.28. The van der Waals surface area contributed by atoms with E-state index < -0.39 is 6.17 Å². The molecule has 2 aromatic carbocycles. The fourth-order valence-corrected chi connectivity index (χ4v) is 8.02. The number of nitrogens with one attached hydrogen (secondary N) is 2. The molecule has 2 aromatic heterocycles. The Morgan fingerprint density at radius 2 is 1.95 bits per heavy atom. The Morgan fingerprint density at radius 3 is 2.76 bits per heavy atom. The fourth-order valence-electron chi connectivity index (χ4n) is 6.97. The third-order valence-corrected chi connectivity index (χ3v) is 10.2. The highest BCUT2D eigenvalue weighted by atomic mass is 32.1. The maximum atomic E-state index is 15.8. The molecule has 0 unspecified atom stereocenters. The number of hydrogen-bond donors (Lipinski definition) is 2. The van der Waals surface area contributed by atoms with Gasteiger partial charge in [-0.1, -0.05) is 11.3 Å². The first-order valence-corrected chi connectivity index (χ1v) is 16.0. The van der Waals surface area contributed by atoms with Gasteiger partial charge >= 0.3 is 0 Å². The molecule has 2 aliphatic heterocycles. The van der Waals surface area contributed by atoms with Crippen molar-refractivity contribution < 1.29 is 16.4 Å². The molecule has 4 aromatic rings. The number of alkyl halides is 1. The Hall–Kier alpha value is -2.88. The summed E-state index contributed by atoms with van der Waals surface area (Å²) in [4.78, 5) is 20.8. The zero-order valence-corrected chi connectivity index (χ0v) is 24.2. The van der Waals surface area contributed by atoms with E-state index in [0.717, 1.165) is 97.4 Å². The van der Waals surface area contributed by atoms with Gasteiger partial charge in [-0.15, -0.1) is 0 Å². The minimum atomic E-state index is -0.662. The molecule has 9 heteroatoms. The summed E-state index contributed by atoms with van der Waals surface area (Å²) in [5.41, 5.74) is 6.56. The van der Waals surface area contributed by atoms with Gasteiger partial charge in [0.1, 0.15) is 12.0 Å². The van der Waals surface area contributed by atoms with Crippen LogP contribution in [0.1, 0.15) is 80.9 Å². The third-order valence-electron chi connectivity index (χ3n) is 9.14. The number of thiazole rings is 1. The summed E-state index contributed by atoms with van der Waals surface area (Å²) in [6.07, 6.45) is 9.69. The normalized spacial score (nSPS) is 20.2. The second kappa shape index (κ2) is 11.4. The van der Waals surface area contributed by atoms with E-state index in [1.165, 1.54) is 16.9 Å². The summed E-state index contributed by atoms with van der Waals surface area (Å²) >= 11 is 1.52. The van der Waals surface area contributed by atoms with Crippen LogP contribution >= 0.6 is 11.3 Å².